The number of hydrogen-bond acceptors (Lipinski definition) is 4. The highest BCUT2D eigenvalue weighted by Crippen LogP contribution is 2.30. The van der Waals surface area contributed by atoms with Crippen molar-refractivity contribution in [1.82, 2.24) is 0 Å². The predicted octanol–water partition coefficient (Wildman–Crippen LogP) is 4.47. The Bertz CT molecular complexity index is 731. The number of carbonyl (C=O) groups excluding carboxylic acids is 1. The van der Waals surface area contributed by atoms with E-state index in [1.165, 1.54) is 12.1 Å². The minimum Gasteiger partial charge on any atom is -0.450 e. The molecule has 0 fully saturated rings. The van der Waals surface area contributed by atoms with Crippen LogP contribution >= 0.6 is 0 Å². The van der Waals surface area contributed by atoms with Crippen molar-refractivity contribution in [2.24, 2.45) is 0 Å². The van der Waals surface area contributed by atoms with E-state index in [9.17, 15) is 18.0 Å². The molecule has 8 heteroatoms. The minimum absolute atomic E-state index is 0.251. The van der Waals surface area contributed by atoms with E-state index in [4.69, 9.17) is 10.5 Å². The summed E-state index contributed by atoms with van der Waals surface area (Å²) in [4.78, 5) is 11.4. The zero-order valence-electron chi connectivity index (χ0n) is 13.5. The van der Waals surface area contributed by atoms with E-state index in [1.54, 1.807) is 25.1 Å². The molecule has 0 radical (unpaired) electrons. The van der Waals surface area contributed by atoms with Gasteiger partial charge >= 0.3 is 12.3 Å². The van der Waals surface area contributed by atoms with E-state index in [1.807, 2.05) is 0 Å². The lowest BCUT2D eigenvalue weighted by molar-refractivity contribution is -0.137. The fourth-order valence-electron chi connectivity index (χ4n) is 2.09. The number of amides is 1. The fourth-order valence-corrected chi connectivity index (χ4v) is 2.09. The third-order valence-corrected chi connectivity index (χ3v) is 3.34. The zero-order valence-corrected chi connectivity index (χ0v) is 13.5. The van der Waals surface area contributed by atoms with E-state index in [-0.39, 0.29) is 6.61 Å². The molecule has 0 spiro atoms. The smallest absolute Gasteiger partial charge is 0.416 e. The van der Waals surface area contributed by atoms with Crippen LogP contribution in [0.3, 0.4) is 0 Å². The molecule has 0 heterocycles. The number of hydrogen-bond donors (Lipinski definition) is 3. The summed E-state index contributed by atoms with van der Waals surface area (Å²) in [6.45, 7) is 2.31. The van der Waals surface area contributed by atoms with Crippen LogP contribution in [0.1, 0.15) is 18.1 Å². The molecule has 0 saturated carbocycles. The Morgan fingerprint density at radius 2 is 1.84 bits per heavy atom. The summed E-state index contributed by atoms with van der Waals surface area (Å²) in [7, 11) is 0. The van der Waals surface area contributed by atoms with E-state index < -0.39 is 17.8 Å². The molecule has 25 heavy (non-hydrogen) atoms. The summed E-state index contributed by atoms with van der Waals surface area (Å²) in [5.41, 5.74) is 7.34. The number of halogens is 3. The first-order valence-corrected chi connectivity index (χ1v) is 7.53. The normalized spacial score (nSPS) is 11.0. The molecule has 0 aliphatic heterocycles. The largest absolute Gasteiger partial charge is 0.450 e. The van der Waals surface area contributed by atoms with E-state index >= 15 is 0 Å². The third-order valence-electron chi connectivity index (χ3n) is 3.34. The summed E-state index contributed by atoms with van der Waals surface area (Å²) in [5, 5.41) is 5.53. The van der Waals surface area contributed by atoms with Gasteiger partial charge in [0.1, 0.15) is 0 Å². The van der Waals surface area contributed by atoms with Crippen LogP contribution in [0.5, 0.6) is 0 Å². The molecule has 0 aliphatic carbocycles. The van der Waals surface area contributed by atoms with Gasteiger partial charge in [0.2, 0.25) is 0 Å². The maximum Gasteiger partial charge on any atom is 0.416 e. The van der Waals surface area contributed by atoms with Crippen molar-refractivity contribution in [3.8, 4) is 0 Å². The van der Waals surface area contributed by atoms with E-state index in [2.05, 4.69) is 10.6 Å². The Kier molecular flexibility index (Phi) is 5.74. The van der Waals surface area contributed by atoms with Gasteiger partial charge in [-0.15, -0.1) is 0 Å². The molecule has 2 aromatic rings. The number of nitrogen functional groups attached to an aromatic ring is 1. The first-order valence-electron chi connectivity index (χ1n) is 7.53. The molecule has 134 valence electrons. The van der Waals surface area contributed by atoms with Crippen LogP contribution in [0, 0.1) is 0 Å². The van der Waals surface area contributed by atoms with Crippen molar-refractivity contribution in [1.29, 1.82) is 0 Å². The van der Waals surface area contributed by atoms with E-state index in [0.717, 1.165) is 17.7 Å². The third kappa shape index (κ3) is 5.30. The highest BCUT2D eigenvalue weighted by atomic mass is 19.4. The van der Waals surface area contributed by atoms with Gasteiger partial charge in [-0.05, 0) is 48.9 Å². The molecule has 0 unspecified atom stereocenters. The van der Waals surface area contributed by atoms with Gasteiger partial charge in [0.05, 0.1) is 23.5 Å². The quantitative estimate of drug-likeness (QED) is 0.693. The van der Waals surface area contributed by atoms with Crippen LogP contribution in [0.2, 0.25) is 0 Å². The van der Waals surface area contributed by atoms with Crippen molar-refractivity contribution >= 4 is 23.2 Å². The van der Waals surface area contributed by atoms with Crippen molar-refractivity contribution in [2.45, 2.75) is 19.6 Å². The second kappa shape index (κ2) is 7.78. The molecule has 4 N–H and O–H groups in total. The van der Waals surface area contributed by atoms with Crippen LogP contribution in [0.4, 0.5) is 35.0 Å². The van der Waals surface area contributed by atoms with Gasteiger partial charge in [0.25, 0.3) is 0 Å². The van der Waals surface area contributed by atoms with Crippen molar-refractivity contribution < 1.29 is 22.7 Å². The molecule has 0 bridgehead atoms. The molecule has 0 aliphatic rings. The van der Waals surface area contributed by atoms with Gasteiger partial charge in [-0.1, -0.05) is 6.07 Å². The Balaban J connectivity index is 1.97. The molecule has 1 amide bonds. The van der Waals surface area contributed by atoms with Gasteiger partial charge in [-0.2, -0.15) is 13.2 Å². The number of benzene rings is 2. The van der Waals surface area contributed by atoms with Gasteiger partial charge in [0, 0.05) is 12.2 Å². The average molecular weight is 353 g/mol. The monoisotopic (exact) mass is 353 g/mol. The highest BCUT2D eigenvalue weighted by molar-refractivity contribution is 5.89. The summed E-state index contributed by atoms with van der Waals surface area (Å²) < 4.78 is 42.3. The Morgan fingerprint density at radius 3 is 2.40 bits per heavy atom. The second-order valence-electron chi connectivity index (χ2n) is 5.20. The zero-order chi connectivity index (χ0) is 18.4. The molecule has 0 atom stereocenters. The second-order valence-corrected chi connectivity index (χ2v) is 5.20. The lowest BCUT2D eigenvalue weighted by Crippen LogP contribution is -2.14. The number of ether oxygens (including phenoxy) is 1. The number of nitrogens with two attached hydrogens (primary N) is 1. The van der Waals surface area contributed by atoms with Gasteiger partial charge in [-0.25, -0.2) is 4.79 Å². The lowest BCUT2D eigenvalue weighted by Gasteiger charge is -2.12. The maximum absolute atomic E-state index is 12.5. The van der Waals surface area contributed by atoms with Crippen LogP contribution in [0.15, 0.2) is 42.5 Å². The molecular formula is C17H18F3N3O2. The maximum atomic E-state index is 12.5. The van der Waals surface area contributed by atoms with E-state index in [0.29, 0.717) is 23.6 Å². The van der Waals surface area contributed by atoms with Crippen molar-refractivity contribution in [2.75, 3.05) is 23.0 Å². The summed E-state index contributed by atoms with van der Waals surface area (Å²) in [5.74, 6) is 0. The van der Waals surface area contributed by atoms with Crippen molar-refractivity contribution in [3.05, 3.63) is 53.6 Å². The molecule has 0 aromatic heterocycles. The Morgan fingerprint density at radius 1 is 1.16 bits per heavy atom. The topological polar surface area (TPSA) is 76.4 Å². The molecule has 0 saturated heterocycles. The van der Waals surface area contributed by atoms with Crippen LogP contribution in [-0.4, -0.2) is 12.7 Å². The fraction of sp³-hybridized carbons (Fsp3) is 0.235. The number of rotatable bonds is 5. The number of nitrogens with one attached hydrogen (secondary N) is 2. The van der Waals surface area contributed by atoms with Crippen LogP contribution in [0.25, 0.3) is 0 Å². The van der Waals surface area contributed by atoms with Crippen molar-refractivity contribution in [3.63, 3.8) is 0 Å². The highest BCUT2D eigenvalue weighted by Gasteiger charge is 2.29. The Hall–Kier alpha value is -2.90. The number of carbonyl (C=O) groups is 1. The summed E-state index contributed by atoms with van der Waals surface area (Å²) >= 11 is 0. The molecular weight excluding hydrogens is 335 g/mol. The SMILES string of the molecule is CCOC(=O)Nc1ccc(CNc2ccc(C(F)(F)F)cc2)cc1N. The van der Waals surface area contributed by atoms with Gasteiger partial charge in [-0.3, -0.25) is 5.32 Å². The van der Waals surface area contributed by atoms with Gasteiger partial charge in [0.15, 0.2) is 0 Å². The molecule has 2 rings (SSSR count). The first kappa shape index (κ1) is 18.4. The van der Waals surface area contributed by atoms with Crippen LogP contribution < -0.4 is 16.4 Å². The van der Waals surface area contributed by atoms with Gasteiger partial charge < -0.3 is 15.8 Å². The number of anilines is 3. The summed E-state index contributed by atoms with van der Waals surface area (Å²) in [6.07, 6.45) is -4.95. The Labute approximate surface area is 143 Å². The minimum atomic E-state index is -4.35. The van der Waals surface area contributed by atoms with Crippen LogP contribution in [-0.2, 0) is 17.5 Å². The molecule has 2 aromatic carbocycles. The summed E-state index contributed by atoms with van der Waals surface area (Å²) in [6, 6.07) is 9.81. The average Bonchev–Trinajstić information content (AvgIpc) is 2.55. The number of alkyl halides is 3. The first-order chi connectivity index (χ1) is 11.8. The standard InChI is InChI=1S/C17H18F3N3O2/c1-2-25-16(24)23-15-8-3-11(9-14(15)21)10-22-13-6-4-12(5-7-13)17(18,19)20/h3-9,22H,2,10,21H2,1H3,(H,23,24). The lowest BCUT2D eigenvalue weighted by atomic mass is 10.1. The predicted molar refractivity (Wildman–Crippen MR) is 90.3 cm³/mol. The molecule has 5 nitrogen and oxygen atoms in total.